The second kappa shape index (κ2) is 5.44. The van der Waals surface area contributed by atoms with Crippen LogP contribution in [0, 0.1) is 12.3 Å². The summed E-state index contributed by atoms with van der Waals surface area (Å²) in [7, 11) is 0. The van der Waals surface area contributed by atoms with Gasteiger partial charge in [0.05, 0.1) is 5.39 Å². The van der Waals surface area contributed by atoms with Crippen LogP contribution in [0.3, 0.4) is 0 Å². The van der Waals surface area contributed by atoms with Gasteiger partial charge in [-0.3, -0.25) is 0 Å². The number of nitrogen functional groups attached to an aromatic ring is 1. The molecule has 0 atom stereocenters. The molecule has 0 aromatic carbocycles. The van der Waals surface area contributed by atoms with E-state index in [-0.39, 0.29) is 0 Å². The molecule has 2 aromatic rings. The Balaban J connectivity index is 1.92. The van der Waals surface area contributed by atoms with Crippen molar-refractivity contribution in [2.24, 2.45) is 5.41 Å². The molecule has 1 fully saturated rings. The fourth-order valence-electron chi connectivity index (χ4n) is 3.43. The minimum absolute atomic E-state index is 0.391. The zero-order valence-electron chi connectivity index (χ0n) is 13.1. The summed E-state index contributed by atoms with van der Waals surface area (Å²) in [6.07, 6.45) is 5.04. The minimum atomic E-state index is 0.391. The van der Waals surface area contributed by atoms with Gasteiger partial charge < -0.3 is 10.6 Å². The van der Waals surface area contributed by atoms with E-state index < -0.39 is 0 Å². The standard InChI is InChI=1S/C16H24N4S/c1-4-16(5-2)6-8-20(9-7-16)13-12-10-11(3)21-14(12)19-15(17)18-13/h10H,4-9H2,1-3H3,(H2,17,18,19). The van der Waals surface area contributed by atoms with Gasteiger partial charge in [0.2, 0.25) is 5.95 Å². The van der Waals surface area contributed by atoms with Gasteiger partial charge in [-0.2, -0.15) is 4.98 Å². The fraction of sp³-hybridized carbons (Fsp3) is 0.625. The van der Waals surface area contributed by atoms with Gasteiger partial charge >= 0.3 is 0 Å². The zero-order chi connectivity index (χ0) is 15.0. The van der Waals surface area contributed by atoms with E-state index in [0.29, 0.717) is 11.4 Å². The molecule has 3 heterocycles. The third-order valence-corrected chi connectivity index (χ3v) is 6.08. The zero-order valence-corrected chi connectivity index (χ0v) is 14.0. The van der Waals surface area contributed by atoms with Crippen molar-refractivity contribution < 1.29 is 0 Å². The molecule has 114 valence electrons. The number of hydrogen-bond acceptors (Lipinski definition) is 5. The fourth-order valence-corrected chi connectivity index (χ4v) is 4.32. The third kappa shape index (κ3) is 2.59. The highest BCUT2D eigenvalue weighted by atomic mass is 32.1. The Morgan fingerprint density at radius 2 is 1.90 bits per heavy atom. The van der Waals surface area contributed by atoms with Crippen LogP contribution in [0.5, 0.6) is 0 Å². The lowest BCUT2D eigenvalue weighted by Crippen LogP contribution is -2.40. The predicted molar refractivity (Wildman–Crippen MR) is 91.0 cm³/mol. The minimum Gasteiger partial charge on any atom is -0.368 e. The molecule has 2 N–H and O–H groups in total. The Labute approximate surface area is 130 Å². The summed E-state index contributed by atoms with van der Waals surface area (Å²) in [4.78, 5) is 13.6. The number of fused-ring (bicyclic) bond motifs is 1. The summed E-state index contributed by atoms with van der Waals surface area (Å²) in [5, 5.41) is 1.16. The van der Waals surface area contributed by atoms with Gasteiger partial charge in [-0.05, 0) is 31.2 Å². The topological polar surface area (TPSA) is 55.0 Å². The van der Waals surface area contributed by atoms with Crippen molar-refractivity contribution in [3.05, 3.63) is 10.9 Å². The SMILES string of the molecule is CCC1(CC)CCN(c2nc(N)nc3sc(C)cc23)CC1. The van der Waals surface area contributed by atoms with Crippen LogP contribution in [0.15, 0.2) is 6.07 Å². The van der Waals surface area contributed by atoms with E-state index in [1.165, 1.54) is 30.6 Å². The smallest absolute Gasteiger partial charge is 0.223 e. The molecule has 1 aliphatic rings. The van der Waals surface area contributed by atoms with E-state index in [1.807, 2.05) is 0 Å². The Bertz CT molecular complexity index is 635. The van der Waals surface area contributed by atoms with Crippen molar-refractivity contribution in [2.45, 2.75) is 46.5 Å². The lowest BCUT2D eigenvalue weighted by Gasteiger charge is -2.41. The second-order valence-corrected chi connectivity index (χ2v) is 7.41. The van der Waals surface area contributed by atoms with Crippen LogP contribution < -0.4 is 10.6 Å². The molecule has 3 rings (SSSR count). The molecule has 0 amide bonds. The van der Waals surface area contributed by atoms with Gasteiger partial charge in [-0.1, -0.05) is 26.7 Å². The first-order chi connectivity index (χ1) is 10.1. The van der Waals surface area contributed by atoms with Gasteiger partial charge in [0.1, 0.15) is 10.6 Å². The number of anilines is 2. The van der Waals surface area contributed by atoms with Crippen molar-refractivity contribution in [1.29, 1.82) is 0 Å². The second-order valence-electron chi connectivity index (χ2n) is 6.18. The highest BCUT2D eigenvalue weighted by Gasteiger charge is 2.32. The van der Waals surface area contributed by atoms with E-state index in [4.69, 9.17) is 5.73 Å². The Hall–Kier alpha value is -1.36. The highest BCUT2D eigenvalue weighted by Crippen LogP contribution is 2.40. The van der Waals surface area contributed by atoms with Crippen LogP contribution in [0.1, 0.15) is 44.4 Å². The summed E-state index contributed by atoms with van der Waals surface area (Å²) in [5.41, 5.74) is 6.43. The molecule has 21 heavy (non-hydrogen) atoms. The number of aryl methyl sites for hydroxylation is 1. The van der Waals surface area contributed by atoms with E-state index >= 15 is 0 Å². The van der Waals surface area contributed by atoms with Gasteiger partial charge in [-0.25, -0.2) is 4.98 Å². The molecule has 2 aromatic heterocycles. The summed E-state index contributed by atoms with van der Waals surface area (Å²) < 4.78 is 0. The molecule has 5 heteroatoms. The summed E-state index contributed by atoms with van der Waals surface area (Å²) in [6, 6.07) is 2.19. The monoisotopic (exact) mass is 304 g/mol. The quantitative estimate of drug-likeness (QED) is 0.931. The molecule has 0 saturated carbocycles. The first kappa shape index (κ1) is 14.6. The number of hydrogen-bond donors (Lipinski definition) is 1. The normalized spacial score (nSPS) is 18.3. The average molecular weight is 304 g/mol. The Morgan fingerprint density at radius 3 is 2.52 bits per heavy atom. The number of thiophene rings is 1. The van der Waals surface area contributed by atoms with Crippen LogP contribution in [0.25, 0.3) is 10.2 Å². The first-order valence-electron chi connectivity index (χ1n) is 7.85. The van der Waals surface area contributed by atoms with Crippen molar-refractivity contribution in [3.63, 3.8) is 0 Å². The molecule has 4 nitrogen and oxygen atoms in total. The Morgan fingerprint density at radius 1 is 1.24 bits per heavy atom. The molecule has 0 bridgehead atoms. The summed E-state index contributed by atoms with van der Waals surface area (Å²) >= 11 is 1.70. The summed E-state index contributed by atoms with van der Waals surface area (Å²) in [5.74, 6) is 1.42. The van der Waals surface area contributed by atoms with Crippen LogP contribution in [-0.4, -0.2) is 23.1 Å². The van der Waals surface area contributed by atoms with E-state index in [9.17, 15) is 0 Å². The molecule has 1 saturated heterocycles. The molecule has 0 unspecified atom stereocenters. The van der Waals surface area contributed by atoms with Gasteiger partial charge in [0, 0.05) is 18.0 Å². The van der Waals surface area contributed by atoms with Gasteiger partial charge in [0.25, 0.3) is 0 Å². The van der Waals surface area contributed by atoms with E-state index in [2.05, 4.69) is 41.7 Å². The average Bonchev–Trinajstić information content (AvgIpc) is 2.86. The maximum atomic E-state index is 5.90. The summed E-state index contributed by atoms with van der Waals surface area (Å²) in [6.45, 7) is 8.90. The number of rotatable bonds is 3. The van der Waals surface area contributed by atoms with Crippen molar-refractivity contribution in [1.82, 2.24) is 9.97 Å². The van der Waals surface area contributed by atoms with E-state index in [1.54, 1.807) is 11.3 Å². The lowest BCUT2D eigenvalue weighted by molar-refractivity contribution is 0.199. The third-order valence-electron chi connectivity index (χ3n) is 5.14. The van der Waals surface area contributed by atoms with Crippen molar-refractivity contribution in [3.8, 4) is 0 Å². The highest BCUT2D eigenvalue weighted by molar-refractivity contribution is 7.18. The van der Waals surface area contributed by atoms with Gasteiger partial charge in [-0.15, -0.1) is 11.3 Å². The molecular weight excluding hydrogens is 280 g/mol. The predicted octanol–water partition coefficient (Wildman–Crippen LogP) is 3.99. The molecule has 0 spiro atoms. The van der Waals surface area contributed by atoms with Crippen LogP contribution in [-0.2, 0) is 0 Å². The van der Waals surface area contributed by atoms with Crippen LogP contribution >= 0.6 is 11.3 Å². The maximum Gasteiger partial charge on any atom is 0.223 e. The van der Waals surface area contributed by atoms with Gasteiger partial charge in [0.15, 0.2) is 0 Å². The largest absolute Gasteiger partial charge is 0.368 e. The van der Waals surface area contributed by atoms with Crippen molar-refractivity contribution in [2.75, 3.05) is 23.7 Å². The van der Waals surface area contributed by atoms with Crippen LogP contribution in [0.4, 0.5) is 11.8 Å². The molecule has 0 radical (unpaired) electrons. The number of piperidine rings is 1. The van der Waals surface area contributed by atoms with Crippen LogP contribution in [0.2, 0.25) is 0 Å². The number of aromatic nitrogens is 2. The maximum absolute atomic E-state index is 5.90. The molecule has 1 aliphatic heterocycles. The number of nitrogens with zero attached hydrogens (tertiary/aromatic N) is 3. The van der Waals surface area contributed by atoms with Crippen molar-refractivity contribution >= 4 is 33.3 Å². The lowest BCUT2D eigenvalue weighted by atomic mass is 9.74. The first-order valence-corrected chi connectivity index (χ1v) is 8.67. The molecule has 0 aliphatic carbocycles. The van der Waals surface area contributed by atoms with E-state index in [0.717, 1.165) is 29.1 Å². The Kier molecular flexibility index (Phi) is 3.78. The number of nitrogens with two attached hydrogens (primary N) is 1. The molecular formula is C16H24N4S.